The van der Waals surface area contributed by atoms with E-state index in [4.69, 9.17) is 0 Å². The number of hydrogen-bond donors (Lipinski definition) is 0. The number of fused-ring (bicyclic) bond motifs is 4. The molecule has 1 saturated heterocycles. The van der Waals surface area contributed by atoms with Crippen molar-refractivity contribution >= 4 is 5.78 Å². The summed E-state index contributed by atoms with van der Waals surface area (Å²) in [5.74, 6) is 0.942. The molecule has 3 aliphatic rings. The van der Waals surface area contributed by atoms with Crippen molar-refractivity contribution in [3.8, 4) is 11.1 Å². The van der Waals surface area contributed by atoms with Gasteiger partial charge in [0.25, 0.3) is 0 Å². The van der Waals surface area contributed by atoms with E-state index < -0.39 is 0 Å². The van der Waals surface area contributed by atoms with Crippen LogP contribution in [0.15, 0.2) is 97.1 Å². The second-order valence-electron chi connectivity index (χ2n) is 12.3. The first-order valence-corrected chi connectivity index (χ1v) is 15.6. The number of rotatable bonds is 7. The van der Waals surface area contributed by atoms with Crippen LogP contribution in [0.25, 0.3) is 11.1 Å². The summed E-state index contributed by atoms with van der Waals surface area (Å²) in [7, 11) is 0. The predicted molar refractivity (Wildman–Crippen MR) is 167 cm³/mol. The Morgan fingerprint density at radius 1 is 0.732 bits per heavy atom. The first-order chi connectivity index (χ1) is 20.2. The van der Waals surface area contributed by atoms with Crippen LogP contribution in [0.1, 0.15) is 76.3 Å². The Morgan fingerprint density at radius 2 is 1.41 bits per heavy atom. The molecule has 1 fully saturated rings. The van der Waals surface area contributed by atoms with Gasteiger partial charge in [-0.25, -0.2) is 0 Å². The summed E-state index contributed by atoms with van der Waals surface area (Å²) in [6.07, 6.45) is 6.28. The Balaban J connectivity index is 0.958. The number of carbonyl (C=O) groups is 1. The molecule has 41 heavy (non-hydrogen) atoms. The molecular formula is C38H40N2O. The van der Waals surface area contributed by atoms with Gasteiger partial charge in [-0.05, 0) is 103 Å². The summed E-state index contributed by atoms with van der Waals surface area (Å²) >= 11 is 0. The van der Waals surface area contributed by atoms with Gasteiger partial charge < -0.3 is 0 Å². The molecule has 0 N–H and O–H groups in total. The van der Waals surface area contributed by atoms with Gasteiger partial charge in [0.05, 0.1) is 6.04 Å². The van der Waals surface area contributed by atoms with Crippen LogP contribution >= 0.6 is 0 Å². The third-order valence-electron chi connectivity index (χ3n) is 9.69. The Hall–Kier alpha value is -3.53. The lowest BCUT2D eigenvalue weighted by molar-refractivity contribution is 0.0956. The van der Waals surface area contributed by atoms with Crippen LogP contribution < -0.4 is 0 Å². The smallest absolute Gasteiger partial charge is 0.162 e. The van der Waals surface area contributed by atoms with Crippen LogP contribution in [0, 0.1) is 5.92 Å². The number of likely N-dealkylation sites (tertiary alicyclic amines) is 1. The van der Waals surface area contributed by atoms with E-state index in [1.54, 1.807) is 0 Å². The largest absolute Gasteiger partial charge is 0.295 e. The van der Waals surface area contributed by atoms with E-state index in [-0.39, 0.29) is 0 Å². The van der Waals surface area contributed by atoms with E-state index in [9.17, 15) is 4.79 Å². The molecule has 1 aliphatic carbocycles. The number of hydrogen-bond acceptors (Lipinski definition) is 3. The van der Waals surface area contributed by atoms with Gasteiger partial charge in [-0.1, -0.05) is 91.0 Å². The van der Waals surface area contributed by atoms with E-state index in [1.807, 2.05) is 0 Å². The van der Waals surface area contributed by atoms with Crippen molar-refractivity contribution in [1.29, 1.82) is 0 Å². The number of piperidine rings is 1. The minimum atomic E-state index is 0.313. The van der Waals surface area contributed by atoms with Crippen molar-refractivity contribution in [1.82, 2.24) is 9.80 Å². The van der Waals surface area contributed by atoms with Crippen LogP contribution in [0.3, 0.4) is 0 Å². The van der Waals surface area contributed by atoms with Crippen molar-refractivity contribution in [2.75, 3.05) is 19.6 Å². The summed E-state index contributed by atoms with van der Waals surface area (Å²) in [5, 5.41) is 0. The Kier molecular flexibility index (Phi) is 7.56. The topological polar surface area (TPSA) is 23.6 Å². The number of Topliss-reactive ketones (excluding diaryl/α,β-unsaturated/α-hetero) is 1. The zero-order valence-corrected chi connectivity index (χ0v) is 24.0. The maximum absolute atomic E-state index is 13.4. The minimum Gasteiger partial charge on any atom is -0.295 e. The molecular weight excluding hydrogens is 500 g/mol. The number of aryl methyl sites for hydroxylation is 1. The quantitative estimate of drug-likeness (QED) is 0.221. The normalized spacial score (nSPS) is 18.0. The van der Waals surface area contributed by atoms with E-state index in [0.29, 0.717) is 24.2 Å². The van der Waals surface area contributed by atoms with Gasteiger partial charge in [0.1, 0.15) is 0 Å². The molecule has 0 aromatic heterocycles. The Morgan fingerprint density at radius 3 is 2.15 bits per heavy atom. The molecule has 0 amide bonds. The van der Waals surface area contributed by atoms with Gasteiger partial charge in [-0.2, -0.15) is 0 Å². The zero-order valence-electron chi connectivity index (χ0n) is 24.0. The van der Waals surface area contributed by atoms with Crippen LogP contribution in [-0.2, 0) is 19.5 Å². The highest BCUT2D eigenvalue weighted by Gasteiger charge is 2.34. The molecule has 3 nitrogen and oxygen atoms in total. The van der Waals surface area contributed by atoms with Gasteiger partial charge in [0.2, 0.25) is 0 Å². The zero-order chi connectivity index (χ0) is 27.6. The molecule has 4 aromatic carbocycles. The molecule has 0 spiro atoms. The average Bonchev–Trinajstić information content (AvgIpc) is 3.22. The number of ketones is 1. The predicted octanol–water partition coefficient (Wildman–Crippen LogP) is 8.08. The Bertz CT molecular complexity index is 1470. The maximum atomic E-state index is 13.4. The number of nitrogens with zero attached hydrogens (tertiary/aromatic N) is 2. The lowest BCUT2D eigenvalue weighted by Gasteiger charge is -2.37. The standard InChI is InChI=1S/C38H40N2O/c41-37(31-18-17-30-11-8-22-39(27-32(30)25-31)26-29-9-2-1-3-10-29)19-16-28-20-23-40(24-21-28)38-35-14-6-4-12-33(35)34-13-5-7-15-36(34)38/h1-7,9-10,12-15,17-18,25,28,38H,8,11,16,19-24,26-27H2. The number of benzene rings is 4. The summed E-state index contributed by atoms with van der Waals surface area (Å²) in [4.78, 5) is 18.6. The van der Waals surface area contributed by atoms with Crippen LogP contribution in [0.5, 0.6) is 0 Å². The highest BCUT2D eigenvalue weighted by Crippen LogP contribution is 2.47. The summed E-state index contributed by atoms with van der Waals surface area (Å²) in [5.41, 5.74) is 10.7. The van der Waals surface area contributed by atoms with Crippen LogP contribution in [0.4, 0.5) is 0 Å². The fraction of sp³-hybridized carbons (Fsp3) is 0.342. The second-order valence-corrected chi connectivity index (χ2v) is 12.3. The van der Waals surface area contributed by atoms with Crippen molar-refractivity contribution < 1.29 is 4.79 Å². The van der Waals surface area contributed by atoms with Crippen molar-refractivity contribution in [3.63, 3.8) is 0 Å². The van der Waals surface area contributed by atoms with Gasteiger partial charge in [0.15, 0.2) is 5.78 Å². The molecule has 208 valence electrons. The number of carbonyl (C=O) groups excluding carboxylic acids is 1. The highest BCUT2D eigenvalue weighted by molar-refractivity contribution is 5.96. The monoisotopic (exact) mass is 540 g/mol. The van der Waals surface area contributed by atoms with E-state index in [1.165, 1.54) is 58.2 Å². The first-order valence-electron chi connectivity index (χ1n) is 15.6. The van der Waals surface area contributed by atoms with Gasteiger partial charge >= 0.3 is 0 Å². The molecule has 0 atom stereocenters. The highest BCUT2D eigenvalue weighted by atomic mass is 16.1. The molecule has 0 unspecified atom stereocenters. The Labute approximate surface area is 244 Å². The lowest BCUT2D eigenvalue weighted by atomic mass is 9.88. The minimum absolute atomic E-state index is 0.313. The molecule has 0 saturated carbocycles. The molecule has 0 radical (unpaired) electrons. The fourth-order valence-corrected chi connectivity index (χ4v) is 7.48. The average molecular weight is 541 g/mol. The van der Waals surface area contributed by atoms with Gasteiger partial charge in [-0.15, -0.1) is 0 Å². The maximum Gasteiger partial charge on any atom is 0.162 e. The first kappa shape index (κ1) is 26.4. The van der Waals surface area contributed by atoms with Crippen LogP contribution in [-0.4, -0.2) is 35.2 Å². The third-order valence-corrected chi connectivity index (χ3v) is 9.69. The summed E-state index contributed by atoms with van der Waals surface area (Å²) in [6.45, 7) is 5.20. The third kappa shape index (κ3) is 5.54. The van der Waals surface area contributed by atoms with E-state index >= 15 is 0 Å². The van der Waals surface area contributed by atoms with E-state index in [2.05, 4.69) is 107 Å². The molecule has 0 bridgehead atoms. The summed E-state index contributed by atoms with van der Waals surface area (Å²) < 4.78 is 0. The SMILES string of the molecule is O=C(CCC1CCN(C2c3ccccc3-c3ccccc32)CC1)c1ccc2c(c1)CN(Cc1ccccc1)CCC2. The molecule has 4 aromatic rings. The second kappa shape index (κ2) is 11.8. The lowest BCUT2D eigenvalue weighted by Crippen LogP contribution is -2.36. The molecule has 2 aliphatic heterocycles. The van der Waals surface area contributed by atoms with Gasteiger partial charge in [-0.3, -0.25) is 14.6 Å². The molecule has 7 rings (SSSR count). The van der Waals surface area contributed by atoms with Crippen molar-refractivity contribution in [2.24, 2.45) is 5.92 Å². The van der Waals surface area contributed by atoms with Crippen molar-refractivity contribution in [2.45, 2.75) is 57.7 Å². The fourth-order valence-electron chi connectivity index (χ4n) is 7.48. The van der Waals surface area contributed by atoms with Crippen molar-refractivity contribution in [3.05, 3.63) is 130 Å². The van der Waals surface area contributed by atoms with E-state index in [0.717, 1.165) is 51.1 Å². The molecule has 3 heteroatoms. The van der Waals surface area contributed by atoms with Gasteiger partial charge in [0, 0.05) is 25.1 Å². The van der Waals surface area contributed by atoms with Crippen LogP contribution in [0.2, 0.25) is 0 Å². The summed E-state index contributed by atoms with van der Waals surface area (Å²) in [6, 6.07) is 35.5. The molecule has 2 heterocycles.